The molecule has 3 rings (SSSR count). The lowest BCUT2D eigenvalue weighted by Gasteiger charge is -2.29. The molecule has 140 valence electrons. The summed E-state index contributed by atoms with van der Waals surface area (Å²) in [5.74, 6) is 0.128. The van der Waals surface area contributed by atoms with Crippen molar-refractivity contribution in [1.29, 1.82) is 0 Å². The summed E-state index contributed by atoms with van der Waals surface area (Å²) in [6.45, 7) is 2.11. The Bertz CT molecular complexity index is 1000. The van der Waals surface area contributed by atoms with Gasteiger partial charge in [-0.15, -0.1) is 0 Å². The molecule has 0 radical (unpaired) electrons. The van der Waals surface area contributed by atoms with E-state index in [1.807, 2.05) is 6.07 Å². The molecule has 0 aromatic heterocycles. The molecule has 1 saturated heterocycles. The highest BCUT2D eigenvalue weighted by Crippen LogP contribution is 2.29. The number of sulfonamides is 2. The number of aryl methyl sites for hydroxylation is 1. The van der Waals surface area contributed by atoms with Gasteiger partial charge in [0.2, 0.25) is 10.0 Å². The summed E-state index contributed by atoms with van der Waals surface area (Å²) in [6.07, 6.45) is 1.46. The zero-order chi connectivity index (χ0) is 18.9. The maximum atomic E-state index is 13.0. The number of para-hydroxylation sites is 1. The van der Waals surface area contributed by atoms with Crippen molar-refractivity contribution in [2.75, 3.05) is 28.0 Å². The molecule has 0 spiro atoms. The van der Waals surface area contributed by atoms with Crippen LogP contribution in [-0.2, 0) is 20.0 Å². The van der Waals surface area contributed by atoms with Gasteiger partial charge in [-0.05, 0) is 55.7 Å². The molecule has 0 unspecified atom stereocenters. The normalized spacial score (nSPS) is 17.1. The highest BCUT2D eigenvalue weighted by atomic mass is 32.2. The first-order chi connectivity index (χ1) is 12.2. The van der Waals surface area contributed by atoms with Crippen molar-refractivity contribution in [2.24, 2.45) is 0 Å². The smallest absolute Gasteiger partial charge is 0.264 e. The molecule has 0 N–H and O–H groups in total. The maximum Gasteiger partial charge on any atom is 0.264 e. The minimum Gasteiger partial charge on any atom is -0.270 e. The van der Waals surface area contributed by atoms with Crippen LogP contribution in [0.3, 0.4) is 0 Å². The third-order valence-electron chi connectivity index (χ3n) is 4.55. The van der Waals surface area contributed by atoms with E-state index in [1.165, 1.54) is 21.7 Å². The summed E-state index contributed by atoms with van der Waals surface area (Å²) in [5, 5.41) is 0. The van der Waals surface area contributed by atoms with Gasteiger partial charge in [0.1, 0.15) is 0 Å². The Balaban J connectivity index is 1.97. The first-order valence-electron chi connectivity index (χ1n) is 8.38. The standard InChI is InChI=1S/C18H22N2O4S2/c1-15-14-17(20-12-6-7-13-25(20,21)22)10-11-18(15)26(23,24)19(2)16-8-4-3-5-9-16/h3-5,8-11,14H,6-7,12-13H2,1-2H3. The van der Waals surface area contributed by atoms with E-state index in [-0.39, 0.29) is 10.6 Å². The molecule has 6 nitrogen and oxygen atoms in total. The van der Waals surface area contributed by atoms with Crippen molar-refractivity contribution in [2.45, 2.75) is 24.7 Å². The Morgan fingerprint density at radius 3 is 2.35 bits per heavy atom. The summed E-state index contributed by atoms with van der Waals surface area (Å²) in [7, 11) is -5.55. The highest BCUT2D eigenvalue weighted by molar-refractivity contribution is 7.93. The van der Waals surface area contributed by atoms with Gasteiger partial charge in [0.15, 0.2) is 0 Å². The van der Waals surface area contributed by atoms with Crippen molar-refractivity contribution in [3.8, 4) is 0 Å². The zero-order valence-corrected chi connectivity index (χ0v) is 16.4. The Kier molecular flexibility index (Phi) is 4.98. The fourth-order valence-corrected chi connectivity index (χ4v) is 6.11. The van der Waals surface area contributed by atoms with Gasteiger partial charge in [-0.25, -0.2) is 16.8 Å². The lowest BCUT2D eigenvalue weighted by Crippen LogP contribution is -2.38. The molecule has 0 saturated carbocycles. The van der Waals surface area contributed by atoms with E-state index < -0.39 is 20.0 Å². The number of anilines is 2. The molecule has 0 atom stereocenters. The van der Waals surface area contributed by atoms with Gasteiger partial charge in [-0.2, -0.15) is 0 Å². The van der Waals surface area contributed by atoms with Crippen LogP contribution in [0, 0.1) is 6.92 Å². The quantitative estimate of drug-likeness (QED) is 0.799. The van der Waals surface area contributed by atoms with Crippen molar-refractivity contribution in [3.05, 3.63) is 54.1 Å². The topological polar surface area (TPSA) is 74.8 Å². The minimum atomic E-state index is -3.73. The third kappa shape index (κ3) is 3.43. The van der Waals surface area contributed by atoms with Crippen LogP contribution in [0.1, 0.15) is 18.4 Å². The Morgan fingerprint density at radius 1 is 1.04 bits per heavy atom. The van der Waals surface area contributed by atoms with E-state index in [2.05, 4.69) is 0 Å². The number of hydrogen-bond acceptors (Lipinski definition) is 4. The first-order valence-corrected chi connectivity index (χ1v) is 11.4. The third-order valence-corrected chi connectivity index (χ3v) is 8.37. The van der Waals surface area contributed by atoms with Crippen LogP contribution < -0.4 is 8.61 Å². The summed E-state index contributed by atoms with van der Waals surface area (Å²) in [6, 6.07) is 13.5. The molecule has 0 aliphatic carbocycles. The molecule has 1 aliphatic heterocycles. The van der Waals surface area contributed by atoms with Gasteiger partial charge in [-0.1, -0.05) is 18.2 Å². The average Bonchev–Trinajstić information content (AvgIpc) is 2.61. The lowest BCUT2D eigenvalue weighted by molar-refractivity contribution is 0.574. The van der Waals surface area contributed by atoms with Gasteiger partial charge < -0.3 is 0 Å². The minimum absolute atomic E-state index is 0.128. The van der Waals surface area contributed by atoms with Gasteiger partial charge in [0, 0.05) is 13.6 Å². The van der Waals surface area contributed by atoms with Crippen LogP contribution in [-0.4, -0.2) is 36.2 Å². The Hall–Kier alpha value is -2.06. The second-order valence-corrected chi connectivity index (χ2v) is 10.3. The van der Waals surface area contributed by atoms with Gasteiger partial charge in [-0.3, -0.25) is 8.61 Å². The molecule has 0 bridgehead atoms. The van der Waals surface area contributed by atoms with Crippen LogP contribution in [0.5, 0.6) is 0 Å². The van der Waals surface area contributed by atoms with Crippen molar-refractivity contribution in [3.63, 3.8) is 0 Å². The van der Waals surface area contributed by atoms with E-state index >= 15 is 0 Å². The number of benzene rings is 2. The molecule has 0 amide bonds. The molecule has 1 fully saturated rings. The molecule has 2 aromatic rings. The monoisotopic (exact) mass is 394 g/mol. The van der Waals surface area contributed by atoms with Gasteiger partial charge in [0.05, 0.1) is 22.0 Å². The fraction of sp³-hybridized carbons (Fsp3) is 0.333. The molecular formula is C18H22N2O4S2. The first kappa shape index (κ1) is 18.7. The molecule has 8 heteroatoms. The van der Waals surface area contributed by atoms with Crippen molar-refractivity contribution >= 4 is 31.4 Å². The predicted octanol–water partition coefficient (Wildman–Crippen LogP) is 2.75. The Morgan fingerprint density at radius 2 is 1.73 bits per heavy atom. The molecular weight excluding hydrogens is 372 g/mol. The number of hydrogen-bond donors (Lipinski definition) is 0. The molecule has 26 heavy (non-hydrogen) atoms. The summed E-state index contributed by atoms with van der Waals surface area (Å²) in [5.41, 5.74) is 1.60. The van der Waals surface area contributed by atoms with Crippen molar-refractivity contribution in [1.82, 2.24) is 0 Å². The Labute approximate surface area is 155 Å². The van der Waals surface area contributed by atoms with Crippen LogP contribution >= 0.6 is 0 Å². The SMILES string of the molecule is Cc1cc(N2CCCCS2(=O)=O)ccc1S(=O)(=O)N(C)c1ccccc1. The van der Waals surface area contributed by atoms with Gasteiger partial charge >= 0.3 is 0 Å². The van der Waals surface area contributed by atoms with E-state index in [4.69, 9.17) is 0 Å². The average molecular weight is 395 g/mol. The second-order valence-electron chi connectivity index (χ2n) is 6.35. The summed E-state index contributed by atoms with van der Waals surface area (Å²) in [4.78, 5) is 0.169. The van der Waals surface area contributed by atoms with E-state index in [1.54, 1.807) is 43.3 Å². The highest BCUT2D eigenvalue weighted by Gasteiger charge is 2.28. The molecule has 1 heterocycles. The van der Waals surface area contributed by atoms with Crippen LogP contribution in [0.2, 0.25) is 0 Å². The molecule has 2 aromatic carbocycles. The number of nitrogens with zero attached hydrogens (tertiary/aromatic N) is 2. The number of rotatable bonds is 4. The van der Waals surface area contributed by atoms with Crippen LogP contribution in [0.4, 0.5) is 11.4 Å². The maximum absolute atomic E-state index is 13.0. The summed E-state index contributed by atoms with van der Waals surface area (Å²) < 4.78 is 53.1. The van der Waals surface area contributed by atoms with Crippen molar-refractivity contribution < 1.29 is 16.8 Å². The predicted molar refractivity (Wildman–Crippen MR) is 104 cm³/mol. The van der Waals surface area contributed by atoms with Gasteiger partial charge in [0.25, 0.3) is 10.0 Å². The van der Waals surface area contributed by atoms with E-state index in [9.17, 15) is 16.8 Å². The zero-order valence-electron chi connectivity index (χ0n) is 14.8. The van der Waals surface area contributed by atoms with Crippen LogP contribution in [0.15, 0.2) is 53.4 Å². The second kappa shape index (κ2) is 6.92. The van der Waals surface area contributed by atoms with E-state index in [0.717, 1.165) is 6.42 Å². The summed E-state index contributed by atoms with van der Waals surface area (Å²) >= 11 is 0. The lowest BCUT2D eigenvalue weighted by atomic mass is 10.2. The molecule has 1 aliphatic rings. The fourth-order valence-electron chi connectivity index (χ4n) is 3.08. The largest absolute Gasteiger partial charge is 0.270 e. The van der Waals surface area contributed by atoms with E-state index in [0.29, 0.717) is 29.9 Å². The van der Waals surface area contributed by atoms with Crippen LogP contribution in [0.25, 0.3) is 0 Å².